The number of hydrogen-bond donors (Lipinski definition) is 2. The van der Waals surface area contributed by atoms with Gasteiger partial charge < -0.3 is 44.0 Å². The summed E-state index contributed by atoms with van der Waals surface area (Å²) in [6, 6.07) is -1.27. The third kappa shape index (κ3) is 24.5. The van der Waals surface area contributed by atoms with Crippen LogP contribution in [-0.4, -0.2) is 149 Å². The summed E-state index contributed by atoms with van der Waals surface area (Å²) < 4.78 is 30.3. The van der Waals surface area contributed by atoms with Crippen LogP contribution in [0.25, 0.3) is 0 Å². The first-order valence-corrected chi connectivity index (χ1v) is 19.5. The van der Waals surface area contributed by atoms with Crippen LogP contribution < -0.4 is 10.6 Å². The number of amides is 7. The fraction of sp³-hybridized carbons (Fsp3) is 0.575. The van der Waals surface area contributed by atoms with Crippen molar-refractivity contribution in [2.45, 2.75) is 64.7 Å². The molecule has 0 spiro atoms. The Kier molecular flexibility index (Phi) is 29.3. The number of hydrogen-bond acceptors (Lipinski definition) is 15. The van der Waals surface area contributed by atoms with Crippen molar-refractivity contribution in [2.24, 2.45) is 5.41 Å². The minimum absolute atomic E-state index is 0.0509. The normalized spacial score (nSPS) is 10.4. The van der Waals surface area contributed by atoms with E-state index in [0.717, 1.165) is 46.9 Å². The molecule has 0 rings (SSSR count). The SMILES string of the molecule is C=CC(=O)OCCOC(=O)NCCCCCCN(C)C(=O)N(CCCCCCNC(=O)OCC(COC(=O)C=C)(COC(=O)C=C)COC(=O)C=C)C(=O)N(C=O)CCC. The molecule has 0 unspecified atom stereocenters. The molecule has 0 atom stereocenters. The molecule has 0 bridgehead atoms. The molecule has 7 amide bonds. The summed E-state index contributed by atoms with van der Waals surface area (Å²) in [5.41, 5.74) is -1.48. The second-order valence-corrected chi connectivity index (χ2v) is 13.1. The first-order valence-electron chi connectivity index (χ1n) is 19.5. The van der Waals surface area contributed by atoms with Crippen LogP contribution in [-0.2, 0) is 52.4 Å². The zero-order chi connectivity index (χ0) is 45.2. The van der Waals surface area contributed by atoms with Crippen molar-refractivity contribution >= 4 is 54.5 Å². The summed E-state index contributed by atoms with van der Waals surface area (Å²) in [7, 11) is 1.57. The Morgan fingerprint density at radius 2 is 0.950 bits per heavy atom. The molecule has 0 aliphatic carbocycles. The molecule has 0 aliphatic heterocycles. The Morgan fingerprint density at radius 3 is 1.42 bits per heavy atom. The van der Waals surface area contributed by atoms with Gasteiger partial charge in [0.2, 0.25) is 6.41 Å². The molecule has 2 N–H and O–H groups in total. The van der Waals surface area contributed by atoms with Crippen LogP contribution in [0.5, 0.6) is 0 Å². The molecular weight excluding hydrogens is 790 g/mol. The molecule has 0 radical (unpaired) electrons. The van der Waals surface area contributed by atoms with Crippen molar-refractivity contribution in [2.75, 3.05) is 79.4 Å². The molecule has 20 nitrogen and oxygen atoms in total. The molecule has 0 saturated heterocycles. The quantitative estimate of drug-likeness (QED) is 0.0322. The van der Waals surface area contributed by atoms with Gasteiger partial charge >= 0.3 is 48.1 Å². The zero-order valence-corrected chi connectivity index (χ0v) is 34.8. The van der Waals surface area contributed by atoms with E-state index in [2.05, 4.69) is 36.9 Å². The molecule has 0 aromatic carbocycles. The van der Waals surface area contributed by atoms with E-state index in [-0.39, 0.29) is 32.8 Å². The van der Waals surface area contributed by atoms with Gasteiger partial charge in [-0.05, 0) is 32.1 Å². The van der Waals surface area contributed by atoms with Gasteiger partial charge in [0.25, 0.3) is 0 Å². The van der Waals surface area contributed by atoms with Crippen molar-refractivity contribution in [1.82, 2.24) is 25.3 Å². The maximum atomic E-state index is 13.4. The lowest BCUT2D eigenvalue weighted by Gasteiger charge is -2.31. The van der Waals surface area contributed by atoms with Crippen LogP contribution in [0.2, 0.25) is 0 Å². The van der Waals surface area contributed by atoms with E-state index in [1.807, 2.05) is 0 Å². The highest BCUT2D eigenvalue weighted by Crippen LogP contribution is 2.22. The smallest absolute Gasteiger partial charge is 0.407 e. The summed E-state index contributed by atoms with van der Waals surface area (Å²) in [5.74, 6) is -3.07. The van der Waals surface area contributed by atoms with Gasteiger partial charge in [-0.1, -0.05) is 58.9 Å². The van der Waals surface area contributed by atoms with Crippen molar-refractivity contribution < 1.29 is 71.6 Å². The predicted octanol–water partition coefficient (Wildman–Crippen LogP) is 3.81. The Morgan fingerprint density at radius 1 is 0.533 bits per heavy atom. The van der Waals surface area contributed by atoms with Crippen LogP contribution in [0.3, 0.4) is 0 Å². The number of imide groups is 2. The van der Waals surface area contributed by atoms with Crippen molar-refractivity contribution in [3.05, 3.63) is 50.6 Å². The first kappa shape index (κ1) is 53.8. The highest BCUT2D eigenvalue weighted by Gasteiger charge is 2.37. The summed E-state index contributed by atoms with van der Waals surface area (Å²) >= 11 is 0. The monoisotopic (exact) mass is 851 g/mol. The zero-order valence-electron chi connectivity index (χ0n) is 34.8. The largest absolute Gasteiger partial charge is 0.462 e. The van der Waals surface area contributed by atoms with Crippen molar-refractivity contribution in [3.8, 4) is 0 Å². The number of urea groups is 2. The van der Waals surface area contributed by atoms with Gasteiger partial charge in [-0.25, -0.2) is 43.3 Å². The summed E-state index contributed by atoms with van der Waals surface area (Å²) in [6.45, 7) is 14.0. The number of unbranched alkanes of at least 4 members (excludes halogenated alkanes) is 6. The number of esters is 4. The molecule has 60 heavy (non-hydrogen) atoms. The van der Waals surface area contributed by atoms with E-state index in [0.29, 0.717) is 64.4 Å². The second kappa shape index (κ2) is 32.7. The fourth-order valence-electron chi connectivity index (χ4n) is 4.88. The third-order valence-corrected chi connectivity index (χ3v) is 8.19. The van der Waals surface area contributed by atoms with Crippen LogP contribution in [0.1, 0.15) is 64.7 Å². The number of carbonyl (C=O) groups excluding carboxylic acids is 9. The van der Waals surface area contributed by atoms with Gasteiger partial charge in [-0.2, -0.15) is 0 Å². The third-order valence-electron chi connectivity index (χ3n) is 8.19. The van der Waals surface area contributed by atoms with Gasteiger partial charge in [0, 0.05) is 64.1 Å². The second-order valence-electron chi connectivity index (χ2n) is 13.1. The molecule has 0 heterocycles. The topological polar surface area (TPSA) is 243 Å². The molecule has 0 saturated carbocycles. The van der Waals surface area contributed by atoms with Crippen LogP contribution in [0, 0.1) is 5.41 Å². The summed E-state index contributed by atoms with van der Waals surface area (Å²) in [4.78, 5) is 112. The highest BCUT2D eigenvalue weighted by molar-refractivity contribution is 5.97. The number of carbonyl (C=O) groups is 9. The lowest BCUT2D eigenvalue weighted by molar-refractivity contribution is -0.159. The molecule has 20 heteroatoms. The van der Waals surface area contributed by atoms with Crippen LogP contribution >= 0.6 is 0 Å². The average molecular weight is 852 g/mol. The Balaban J connectivity index is 4.99. The Labute approximate surface area is 351 Å². The molecule has 0 aromatic heterocycles. The van der Waals surface area contributed by atoms with Crippen LogP contribution in [0.4, 0.5) is 19.2 Å². The summed E-state index contributed by atoms with van der Waals surface area (Å²) in [6.07, 6.45) is 7.96. The average Bonchev–Trinajstić information content (AvgIpc) is 3.25. The van der Waals surface area contributed by atoms with Gasteiger partial charge in [0.05, 0.1) is 0 Å². The van der Waals surface area contributed by atoms with E-state index in [1.54, 1.807) is 14.0 Å². The standard InChI is InChI=1S/C40H61N5O15/c1-7-22-44(31-46)39(54)45(38(53)43(6)23-18-14-12-16-20-41-36(51)56-26-25-55-32(47)8-2)24-19-15-13-17-21-42-37(52)60-30-40(27-57-33(48)9-3,28-58-34(49)10-4)29-59-35(50)11-5/h8-11,31H,2-5,7,12-30H2,1,6H3,(H,41,51)(H,42,52). The molecular formula is C40H61N5O15. The minimum atomic E-state index is -1.48. The van der Waals surface area contributed by atoms with E-state index >= 15 is 0 Å². The van der Waals surface area contributed by atoms with Crippen molar-refractivity contribution in [1.29, 1.82) is 0 Å². The predicted molar refractivity (Wildman–Crippen MR) is 216 cm³/mol. The Hall–Kier alpha value is -6.21. The number of alkyl carbamates (subject to hydrolysis) is 2. The van der Waals surface area contributed by atoms with E-state index < -0.39 is 80.0 Å². The maximum absolute atomic E-state index is 13.4. The van der Waals surface area contributed by atoms with Gasteiger partial charge in [-0.3, -0.25) is 9.69 Å². The van der Waals surface area contributed by atoms with E-state index in [1.165, 1.54) is 4.90 Å². The van der Waals surface area contributed by atoms with Gasteiger partial charge in [0.1, 0.15) is 45.1 Å². The van der Waals surface area contributed by atoms with E-state index in [4.69, 9.17) is 28.4 Å². The lowest BCUT2D eigenvalue weighted by Crippen LogP contribution is -2.51. The first-order chi connectivity index (χ1) is 28.7. The fourth-order valence-corrected chi connectivity index (χ4v) is 4.88. The van der Waals surface area contributed by atoms with Crippen molar-refractivity contribution in [3.63, 3.8) is 0 Å². The maximum Gasteiger partial charge on any atom is 0.407 e. The number of rotatable bonds is 32. The van der Waals surface area contributed by atoms with E-state index in [9.17, 15) is 43.2 Å². The van der Waals surface area contributed by atoms with Gasteiger partial charge in [-0.15, -0.1) is 0 Å². The van der Waals surface area contributed by atoms with Gasteiger partial charge in [0.15, 0.2) is 0 Å². The number of ether oxygens (including phenoxy) is 6. The highest BCUT2D eigenvalue weighted by atomic mass is 16.6. The Bertz CT molecular complexity index is 1390. The lowest BCUT2D eigenvalue weighted by atomic mass is 9.92. The molecule has 0 aliphatic rings. The molecule has 336 valence electrons. The summed E-state index contributed by atoms with van der Waals surface area (Å²) in [5, 5.41) is 5.18. The molecule has 0 aromatic rings. The number of nitrogens with one attached hydrogen (secondary N) is 2. The molecule has 0 fully saturated rings. The van der Waals surface area contributed by atoms with Crippen LogP contribution in [0.15, 0.2) is 50.6 Å². The number of nitrogens with zero attached hydrogens (tertiary/aromatic N) is 3. The minimum Gasteiger partial charge on any atom is -0.462 e.